The average molecular weight is 394 g/mol. The van der Waals surface area contributed by atoms with Crippen molar-refractivity contribution < 1.29 is 22.3 Å². The minimum Gasteiger partial charge on any atom is -0.495 e. The predicted molar refractivity (Wildman–Crippen MR) is 101 cm³/mol. The summed E-state index contributed by atoms with van der Waals surface area (Å²) in [7, 11) is -2.48. The van der Waals surface area contributed by atoms with Gasteiger partial charge in [-0.3, -0.25) is 4.79 Å². The molecule has 0 radical (unpaired) electrons. The zero-order chi connectivity index (χ0) is 20.2. The Hall–Kier alpha value is -2.45. The van der Waals surface area contributed by atoms with Gasteiger partial charge in [-0.05, 0) is 56.2 Å². The van der Waals surface area contributed by atoms with Crippen molar-refractivity contribution in [3.63, 3.8) is 0 Å². The summed E-state index contributed by atoms with van der Waals surface area (Å²) in [6.45, 7) is 5.17. The number of carbonyl (C=O) groups excluding carboxylic acids is 1. The standard InChI is InChI=1S/C19H23FN2O4S/c1-12(2)22-27(24,25)18-10-15(7-8-17(18)26-4)19(23)21-11-14-6-5-13(3)16(20)9-14/h5-10,12,22H,11H2,1-4H3,(H,21,23). The second kappa shape index (κ2) is 8.49. The molecule has 6 nitrogen and oxygen atoms in total. The fraction of sp³-hybridized carbons (Fsp3) is 0.316. The number of benzene rings is 2. The number of aryl methyl sites for hydroxylation is 1. The van der Waals surface area contributed by atoms with Gasteiger partial charge in [0.2, 0.25) is 10.0 Å². The Morgan fingerprint density at radius 3 is 2.48 bits per heavy atom. The van der Waals surface area contributed by atoms with Crippen LogP contribution in [0.15, 0.2) is 41.3 Å². The van der Waals surface area contributed by atoms with E-state index in [0.29, 0.717) is 11.1 Å². The van der Waals surface area contributed by atoms with Crippen LogP contribution in [0.1, 0.15) is 35.3 Å². The van der Waals surface area contributed by atoms with Gasteiger partial charge in [0, 0.05) is 18.2 Å². The summed E-state index contributed by atoms with van der Waals surface area (Å²) in [5.74, 6) is -0.681. The molecule has 0 atom stereocenters. The van der Waals surface area contributed by atoms with Crippen LogP contribution in [0.3, 0.4) is 0 Å². The molecule has 0 aliphatic carbocycles. The number of methoxy groups -OCH3 is 1. The number of sulfonamides is 1. The lowest BCUT2D eigenvalue weighted by Gasteiger charge is -2.14. The summed E-state index contributed by atoms with van der Waals surface area (Å²) in [6.07, 6.45) is 0. The van der Waals surface area contributed by atoms with Crippen LogP contribution in [0, 0.1) is 12.7 Å². The van der Waals surface area contributed by atoms with E-state index in [-0.39, 0.29) is 34.6 Å². The minimum absolute atomic E-state index is 0.118. The molecular formula is C19H23FN2O4S. The molecule has 2 N–H and O–H groups in total. The van der Waals surface area contributed by atoms with Crippen molar-refractivity contribution in [3.05, 3.63) is 58.9 Å². The van der Waals surface area contributed by atoms with Crippen molar-refractivity contribution in [2.24, 2.45) is 0 Å². The van der Waals surface area contributed by atoms with Crippen LogP contribution in [0.2, 0.25) is 0 Å². The lowest BCUT2D eigenvalue weighted by atomic mass is 10.1. The molecule has 27 heavy (non-hydrogen) atoms. The van der Waals surface area contributed by atoms with E-state index < -0.39 is 15.9 Å². The first kappa shape index (κ1) is 20.9. The second-order valence-corrected chi connectivity index (χ2v) is 8.09. The molecule has 146 valence electrons. The van der Waals surface area contributed by atoms with E-state index in [4.69, 9.17) is 4.74 Å². The summed E-state index contributed by atoms with van der Waals surface area (Å²) < 4.78 is 46.1. The van der Waals surface area contributed by atoms with E-state index in [9.17, 15) is 17.6 Å². The highest BCUT2D eigenvalue weighted by Crippen LogP contribution is 2.25. The number of ether oxygens (including phenoxy) is 1. The zero-order valence-electron chi connectivity index (χ0n) is 15.7. The topological polar surface area (TPSA) is 84.5 Å². The molecular weight excluding hydrogens is 371 g/mol. The molecule has 0 saturated carbocycles. The highest BCUT2D eigenvalue weighted by Gasteiger charge is 2.22. The first-order valence-electron chi connectivity index (χ1n) is 8.37. The molecule has 0 bridgehead atoms. The Morgan fingerprint density at radius 1 is 1.19 bits per heavy atom. The van der Waals surface area contributed by atoms with Gasteiger partial charge >= 0.3 is 0 Å². The summed E-state index contributed by atoms with van der Waals surface area (Å²) in [6, 6.07) is 8.55. The number of nitrogens with one attached hydrogen (secondary N) is 2. The molecule has 1 amide bonds. The number of amides is 1. The molecule has 0 spiro atoms. The third kappa shape index (κ3) is 5.27. The van der Waals surface area contributed by atoms with Crippen molar-refractivity contribution >= 4 is 15.9 Å². The van der Waals surface area contributed by atoms with Crippen LogP contribution in [0.25, 0.3) is 0 Å². The van der Waals surface area contributed by atoms with Gasteiger partial charge in [-0.1, -0.05) is 12.1 Å². The van der Waals surface area contributed by atoms with Crippen molar-refractivity contribution in [2.45, 2.75) is 38.3 Å². The lowest BCUT2D eigenvalue weighted by molar-refractivity contribution is 0.0950. The fourth-order valence-corrected chi connectivity index (χ4v) is 3.88. The summed E-state index contributed by atoms with van der Waals surface area (Å²) >= 11 is 0. The number of hydrogen-bond acceptors (Lipinski definition) is 4. The second-order valence-electron chi connectivity index (χ2n) is 6.41. The van der Waals surface area contributed by atoms with Crippen LogP contribution in [0.4, 0.5) is 4.39 Å². The molecule has 2 rings (SSSR count). The monoisotopic (exact) mass is 394 g/mol. The molecule has 0 saturated heterocycles. The van der Waals surface area contributed by atoms with Gasteiger partial charge in [-0.15, -0.1) is 0 Å². The Morgan fingerprint density at radius 2 is 1.89 bits per heavy atom. The van der Waals surface area contributed by atoms with Gasteiger partial charge < -0.3 is 10.1 Å². The van der Waals surface area contributed by atoms with Crippen LogP contribution >= 0.6 is 0 Å². The van der Waals surface area contributed by atoms with E-state index in [1.54, 1.807) is 32.9 Å². The quantitative estimate of drug-likeness (QED) is 0.756. The highest BCUT2D eigenvalue weighted by molar-refractivity contribution is 7.89. The molecule has 8 heteroatoms. The Labute approximate surface area is 158 Å². The SMILES string of the molecule is COc1ccc(C(=O)NCc2ccc(C)c(F)c2)cc1S(=O)(=O)NC(C)C. The minimum atomic E-state index is -3.84. The zero-order valence-corrected chi connectivity index (χ0v) is 16.5. The summed E-state index contributed by atoms with van der Waals surface area (Å²) in [5.41, 5.74) is 1.29. The largest absolute Gasteiger partial charge is 0.495 e. The molecule has 0 unspecified atom stereocenters. The first-order valence-corrected chi connectivity index (χ1v) is 9.86. The molecule has 0 aliphatic rings. The Bertz CT molecular complexity index is 943. The Balaban J connectivity index is 2.23. The van der Waals surface area contributed by atoms with Crippen LogP contribution in [-0.2, 0) is 16.6 Å². The van der Waals surface area contributed by atoms with Crippen molar-refractivity contribution in [1.82, 2.24) is 10.0 Å². The van der Waals surface area contributed by atoms with E-state index in [2.05, 4.69) is 10.0 Å². The highest BCUT2D eigenvalue weighted by atomic mass is 32.2. The van der Waals surface area contributed by atoms with Crippen LogP contribution in [0.5, 0.6) is 5.75 Å². The van der Waals surface area contributed by atoms with Crippen molar-refractivity contribution in [1.29, 1.82) is 0 Å². The van der Waals surface area contributed by atoms with Gasteiger partial charge in [-0.2, -0.15) is 0 Å². The maximum Gasteiger partial charge on any atom is 0.251 e. The first-order chi connectivity index (χ1) is 12.6. The van der Waals surface area contributed by atoms with Crippen LogP contribution in [-0.4, -0.2) is 27.5 Å². The molecule has 0 aliphatic heterocycles. The fourth-order valence-electron chi connectivity index (χ4n) is 2.43. The van der Waals surface area contributed by atoms with E-state index >= 15 is 0 Å². The molecule has 0 aromatic heterocycles. The van der Waals surface area contributed by atoms with Gasteiger partial charge in [0.1, 0.15) is 16.5 Å². The van der Waals surface area contributed by atoms with E-state index in [1.807, 2.05) is 0 Å². The Kier molecular flexibility index (Phi) is 6.56. The lowest BCUT2D eigenvalue weighted by Crippen LogP contribution is -2.31. The maximum atomic E-state index is 13.6. The molecule has 0 fully saturated rings. The average Bonchev–Trinajstić information content (AvgIpc) is 2.60. The van der Waals surface area contributed by atoms with Crippen molar-refractivity contribution in [2.75, 3.05) is 7.11 Å². The smallest absolute Gasteiger partial charge is 0.251 e. The van der Waals surface area contributed by atoms with E-state index in [1.165, 1.54) is 31.4 Å². The summed E-state index contributed by atoms with van der Waals surface area (Å²) in [5, 5.41) is 2.66. The predicted octanol–water partition coefficient (Wildman–Crippen LogP) is 2.76. The normalized spacial score (nSPS) is 11.5. The maximum absolute atomic E-state index is 13.6. The number of carbonyl (C=O) groups is 1. The summed E-state index contributed by atoms with van der Waals surface area (Å²) in [4.78, 5) is 12.3. The molecule has 2 aromatic rings. The van der Waals surface area contributed by atoms with E-state index in [0.717, 1.165) is 0 Å². The molecule has 0 heterocycles. The third-order valence-electron chi connectivity index (χ3n) is 3.80. The molecule has 2 aromatic carbocycles. The number of hydrogen-bond donors (Lipinski definition) is 2. The van der Waals surface area contributed by atoms with Crippen molar-refractivity contribution in [3.8, 4) is 5.75 Å². The van der Waals surface area contributed by atoms with Gasteiger partial charge in [0.25, 0.3) is 5.91 Å². The van der Waals surface area contributed by atoms with Gasteiger partial charge in [0.05, 0.1) is 7.11 Å². The third-order valence-corrected chi connectivity index (χ3v) is 5.48. The number of rotatable bonds is 7. The van der Waals surface area contributed by atoms with Gasteiger partial charge in [-0.25, -0.2) is 17.5 Å². The number of halogens is 1. The van der Waals surface area contributed by atoms with Crippen LogP contribution < -0.4 is 14.8 Å². The van der Waals surface area contributed by atoms with Gasteiger partial charge in [0.15, 0.2) is 0 Å².